The number of amides is 2. The van der Waals surface area contributed by atoms with E-state index in [0.717, 1.165) is 11.3 Å². The summed E-state index contributed by atoms with van der Waals surface area (Å²) >= 11 is 2.63. The van der Waals surface area contributed by atoms with Crippen LogP contribution in [0.25, 0.3) is 11.3 Å². The van der Waals surface area contributed by atoms with Gasteiger partial charge in [0.1, 0.15) is 5.70 Å². The average molecular weight is 462 g/mol. The van der Waals surface area contributed by atoms with Crippen molar-refractivity contribution < 1.29 is 29.2 Å². The lowest BCUT2D eigenvalue weighted by Crippen LogP contribution is -2.63. The Bertz CT molecular complexity index is 1100. The number of aliphatic hydroxyl groups is 1. The number of hydrogen-bond acceptors (Lipinski definition) is 7. The number of carboxylic acids is 1. The fraction of sp³-hybridized carbons (Fsp3) is 0.350. The molecule has 1 fully saturated rings. The average Bonchev–Trinajstić information content (AvgIpc) is 3.24. The Kier molecular flexibility index (Phi) is 5.58. The zero-order valence-corrected chi connectivity index (χ0v) is 18.4. The molecule has 4 heterocycles. The van der Waals surface area contributed by atoms with Crippen LogP contribution in [0.1, 0.15) is 13.8 Å². The molecule has 0 aliphatic carbocycles. The Morgan fingerprint density at radius 2 is 2.06 bits per heavy atom. The second-order valence-electron chi connectivity index (χ2n) is 7.60. The number of carbonyl (C=O) groups excluding carboxylic acids is 2. The molecule has 2 amide bonds. The first-order valence-electron chi connectivity index (χ1n) is 9.58. The van der Waals surface area contributed by atoms with Crippen LogP contribution in [0.15, 0.2) is 44.8 Å². The highest BCUT2D eigenvalue weighted by Gasteiger charge is 2.60. The number of pyridine rings is 1. The van der Waals surface area contributed by atoms with Crippen LogP contribution in [0.3, 0.4) is 0 Å². The molecule has 11 heteroatoms. The van der Waals surface area contributed by atoms with E-state index in [0.29, 0.717) is 9.24 Å². The predicted molar refractivity (Wildman–Crippen MR) is 112 cm³/mol. The summed E-state index contributed by atoms with van der Waals surface area (Å²) in [6.45, 7) is 3.52. The number of thiazole rings is 1. The topological polar surface area (TPSA) is 138 Å². The van der Waals surface area contributed by atoms with Crippen LogP contribution < -0.4 is 10.3 Å². The summed E-state index contributed by atoms with van der Waals surface area (Å²) in [5.41, 5.74) is 6.75. The van der Waals surface area contributed by atoms with Gasteiger partial charge in [-0.3, -0.25) is 9.59 Å². The van der Waals surface area contributed by atoms with Crippen LogP contribution in [0.5, 0.6) is 0 Å². The first kappa shape index (κ1) is 21.5. The quantitative estimate of drug-likeness (QED) is 0.410. The molecule has 4 atom stereocenters. The highest BCUT2D eigenvalue weighted by atomic mass is 32.2. The molecule has 4 N–H and O–H groups in total. The molecule has 2 aliphatic rings. The van der Waals surface area contributed by atoms with Crippen molar-refractivity contribution in [1.29, 1.82) is 0 Å². The number of rotatable bonds is 7. The number of aliphatic carboxylic acids is 1. The Morgan fingerprint density at radius 3 is 2.65 bits per heavy atom. The first-order chi connectivity index (χ1) is 14.7. The molecule has 2 aromatic rings. The van der Waals surface area contributed by atoms with Gasteiger partial charge in [-0.2, -0.15) is 4.57 Å². The van der Waals surface area contributed by atoms with E-state index >= 15 is 0 Å². The molecule has 1 saturated heterocycles. The van der Waals surface area contributed by atoms with Crippen LogP contribution in [0.2, 0.25) is 0 Å². The molecule has 162 valence electrons. The summed E-state index contributed by atoms with van der Waals surface area (Å²) < 4.78 is 2.32. The largest absolute Gasteiger partial charge is 0.477 e. The predicted octanol–water partition coefficient (Wildman–Crippen LogP) is 0.829. The number of nitrogens with two attached hydrogens (primary N) is 1. The molecule has 0 spiro atoms. The maximum Gasteiger partial charge on any atom is 0.353 e. The maximum atomic E-state index is 12.4. The Labute approximate surface area is 186 Å². The van der Waals surface area contributed by atoms with E-state index in [4.69, 9.17) is 5.73 Å². The fourth-order valence-corrected chi connectivity index (χ4v) is 6.20. The van der Waals surface area contributed by atoms with Crippen molar-refractivity contribution in [2.24, 2.45) is 17.6 Å². The zero-order valence-electron chi connectivity index (χ0n) is 16.8. The van der Waals surface area contributed by atoms with Gasteiger partial charge in [-0.25, -0.2) is 9.78 Å². The van der Waals surface area contributed by atoms with E-state index in [2.05, 4.69) is 4.98 Å². The van der Waals surface area contributed by atoms with Crippen molar-refractivity contribution in [2.75, 3.05) is 0 Å². The van der Waals surface area contributed by atoms with Crippen LogP contribution in [-0.4, -0.2) is 50.0 Å². The summed E-state index contributed by atoms with van der Waals surface area (Å²) in [6.07, 6.45) is 2.64. The molecule has 0 unspecified atom stereocenters. The Hall–Kier alpha value is -2.76. The van der Waals surface area contributed by atoms with Gasteiger partial charge in [0.15, 0.2) is 16.7 Å². The van der Waals surface area contributed by atoms with E-state index in [1.54, 1.807) is 23.9 Å². The normalized spacial score (nSPS) is 23.5. The van der Waals surface area contributed by atoms with E-state index in [-0.39, 0.29) is 30.1 Å². The molecule has 9 nitrogen and oxygen atoms in total. The number of nitrogens with zero attached hydrogens (tertiary/aromatic N) is 3. The van der Waals surface area contributed by atoms with Gasteiger partial charge in [0.05, 0.1) is 23.8 Å². The second kappa shape index (κ2) is 8.06. The smallest absolute Gasteiger partial charge is 0.353 e. The van der Waals surface area contributed by atoms with Gasteiger partial charge in [-0.1, -0.05) is 18.7 Å². The first-order valence-corrected chi connectivity index (χ1v) is 11.3. The summed E-state index contributed by atoms with van der Waals surface area (Å²) in [6, 6.07) is 3.30. The van der Waals surface area contributed by atoms with Crippen LogP contribution >= 0.6 is 23.1 Å². The number of carboxylic acid groups (broad SMARTS) is 1. The number of aliphatic hydroxyl groups excluding tert-OH is 1. The molecule has 2 aliphatic heterocycles. The van der Waals surface area contributed by atoms with Crippen LogP contribution in [-0.2, 0) is 20.9 Å². The summed E-state index contributed by atoms with van der Waals surface area (Å²) in [5.74, 6) is -2.75. The van der Waals surface area contributed by atoms with E-state index in [1.165, 1.54) is 28.0 Å². The molecule has 31 heavy (non-hydrogen) atoms. The third kappa shape index (κ3) is 3.73. The lowest BCUT2D eigenvalue weighted by molar-refractivity contribution is -0.684. The minimum absolute atomic E-state index is 0.0200. The number of primary amides is 1. The van der Waals surface area contributed by atoms with E-state index in [9.17, 15) is 24.6 Å². The minimum atomic E-state index is -1.16. The van der Waals surface area contributed by atoms with Crippen molar-refractivity contribution in [2.45, 2.75) is 36.9 Å². The number of fused-ring (bicyclic) bond motifs is 1. The molecule has 0 aromatic carbocycles. The fourth-order valence-electron chi connectivity index (χ4n) is 4.10. The molecule has 0 saturated carbocycles. The van der Waals surface area contributed by atoms with Crippen molar-refractivity contribution in [1.82, 2.24) is 9.88 Å². The van der Waals surface area contributed by atoms with E-state index < -0.39 is 23.9 Å². The SMILES string of the molecule is C[C@@H](O)[C@H]1C(=O)N2C(C(=O)O)=C(Sc3nc(-c4cc[n+](CC(N)=O)cc4)cs3)[C@H](C)[C@H]12. The monoisotopic (exact) mass is 461 g/mol. The molecule has 0 radical (unpaired) electrons. The number of β-lactam (4-membered cyclic amide) rings is 1. The lowest BCUT2D eigenvalue weighted by Gasteiger charge is -2.46. The minimum Gasteiger partial charge on any atom is -0.477 e. The third-order valence-corrected chi connectivity index (χ3v) is 7.74. The van der Waals surface area contributed by atoms with Crippen LogP contribution in [0.4, 0.5) is 0 Å². The maximum absolute atomic E-state index is 12.4. The van der Waals surface area contributed by atoms with Gasteiger partial charge >= 0.3 is 5.97 Å². The summed E-state index contributed by atoms with van der Waals surface area (Å²) in [4.78, 5) is 41.9. The third-order valence-electron chi connectivity index (χ3n) is 5.52. The number of aromatic nitrogens is 2. The molecule has 2 aromatic heterocycles. The molecular weight excluding hydrogens is 440 g/mol. The van der Waals surface area contributed by atoms with Gasteiger partial charge in [-0.15, -0.1) is 11.3 Å². The molecule has 4 rings (SSSR count). The van der Waals surface area contributed by atoms with Gasteiger partial charge < -0.3 is 20.8 Å². The number of hydrogen-bond donors (Lipinski definition) is 3. The van der Waals surface area contributed by atoms with Gasteiger partial charge in [0, 0.05) is 33.9 Å². The molecule has 0 bridgehead atoms. The van der Waals surface area contributed by atoms with Crippen molar-refractivity contribution >= 4 is 40.9 Å². The Morgan fingerprint density at radius 1 is 1.39 bits per heavy atom. The van der Waals surface area contributed by atoms with E-state index in [1.807, 2.05) is 24.4 Å². The highest BCUT2D eigenvalue weighted by molar-refractivity contribution is 8.04. The highest BCUT2D eigenvalue weighted by Crippen LogP contribution is 2.52. The lowest BCUT2D eigenvalue weighted by atomic mass is 9.79. The zero-order chi connectivity index (χ0) is 22.4. The Balaban J connectivity index is 1.57. The standard InChI is InChI=1S/C20H20N4O5S2/c1-9-15-14(10(2)25)18(27)24(15)16(19(28)29)17(9)31-20-22-12(8-30-20)11-3-5-23(6-4-11)7-13(21)26/h3-6,8-10,14-15,25H,7H2,1-2H3,(H2-,21,26,28,29)/p+1/t9-,10-,14-,15-/m1/s1. The van der Waals surface area contributed by atoms with Crippen molar-refractivity contribution in [3.8, 4) is 11.3 Å². The van der Waals surface area contributed by atoms with Gasteiger partial charge in [0.25, 0.3) is 5.91 Å². The van der Waals surface area contributed by atoms with Crippen LogP contribution in [0, 0.1) is 11.8 Å². The number of thioether (sulfide) groups is 1. The van der Waals surface area contributed by atoms with Gasteiger partial charge in [0.2, 0.25) is 12.5 Å². The van der Waals surface area contributed by atoms with Gasteiger partial charge in [-0.05, 0) is 6.92 Å². The molecular formula is C20H21N4O5S2+. The summed E-state index contributed by atoms with van der Waals surface area (Å²) in [5, 5.41) is 21.6. The van der Waals surface area contributed by atoms with Crippen molar-refractivity contribution in [3.63, 3.8) is 0 Å². The second-order valence-corrected chi connectivity index (χ2v) is 9.75. The summed E-state index contributed by atoms with van der Waals surface area (Å²) in [7, 11) is 0. The number of carbonyl (C=O) groups is 3. The van der Waals surface area contributed by atoms with Crippen molar-refractivity contribution in [3.05, 3.63) is 40.5 Å².